The maximum Gasteiger partial charge on any atom is 0.0530 e. The molecule has 1 atom stereocenters. The van der Waals surface area contributed by atoms with Crippen molar-refractivity contribution in [2.45, 2.75) is 12.3 Å². The third-order valence-corrected chi connectivity index (χ3v) is 3.16. The molecule has 0 spiro atoms. The molecule has 1 aliphatic heterocycles. The smallest absolute Gasteiger partial charge is 0.0530 e. The van der Waals surface area contributed by atoms with Crippen LogP contribution in [0.3, 0.4) is 0 Å². The van der Waals surface area contributed by atoms with E-state index < -0.39 is 0 Å². The number of anilines is 1. The molecule has 0 amide bonds. The Labute approximate surface area is 102 Å². The van der Waals surface area contributed by atoms with Crippen molar-refractivity contribution in [2.24, 2.45) is 5.73 Å². The molecule has 3 heteroatoms. The first-order valence-electron chi connectivity index (χ1n) is 5.59. The first kappa shape index (κ1) is 11.5. The quantitative estimate of drug-likeness (QED) is 0.871. The minimum absolute atomic E-state index is 0.539. The molecule has 16 heavy (non-hydrogen) atoms. The van der Waals surface area contributed by atoms with Crippen molar-refractivity contribution in [3.63, 3.8) is 0 Å². The summed E-state index contributed by atoms with van der Waals surface area (Å²) in [7, 11) is 0. The lowest BCUT2D eigenvalue weighted by atomic mass is 9.98. The van der Waals surface area contributed by atoms with Gasteiger partial charge >= 0.3 is 0 Å². The van der Waals surface area contributed by atoms with Gasteiger partial charge in [-0.25, -0.2) is 0 Å². The van der Waals surface area contributed by atoms with Gasteiger partial charge in [-0.2, -0.15) is 0 Å². The first-order chi connectivity index (χ1) is 7.72. The van der Waals surface area contributed by atoms with Gasteiger partial charge < -0.3 is 10.6 Å². The molecule has 0 aromatic heterocycles. The second-order valence-electron chi connectivity index (χ2n) is 4.23. The molecule has 1 aromatic rings. The van der Waals surface area contributed by atoms with Crippen molar-refractivity contribution in [1.29, 1.82) is 0 Å². The van der Waals surface area contributed by atoms with E-state index in [1.807, 2.05) is 0 Å². The van der Waals surface area contributed by atoms with Crippen molar-refractivity contribution in [3.8, 4) is 0 Å². The molecule has 0 aliphatic carbocycles. The Balaban J connectivity index is 2.24. The number of hydrogen-bond acceptors (Lipinski definition) is 2. The lowest BCUT2D eigenvalue weighted by molar-refractivity contribution is 0.654. The number of halogens is 1. The van der Waals surface area contributed by atoms with E-state index >= 15 is 0 Å². The first-order valence-corrected chi connectivity index (χ1v) is 5.97. The van der Waals surface area contributed by atoms with E-state index in [0.717, 1.165) is 26.1 Å². The molecular weight excluding hydrogens is 220 g/mol. The molecule has 0 bridgehead atoms. The summed E-state index contributed by atoms with van der Waals surface area (Å²) >= 11 is 5.89. The Hall–Kier alpha value is -0.990. The van der Waals surface area contributed by atoms with Gasteiger partial charge in [-0.15, -0.1) is 0 Å². The van der Waals surface area contributed by atoms with Crippen LogP contribution >= 0.6 is 11.6 Å². The Morgan fingerprint density at radius 1 is 1.50 bits per heavy atom. The fraction of sp³-hybridized carbons (Fsp3) is 0.385. The summed E-state index contributed by atoms with van der Waals surface area (Å²) in [6.07, 6.45) is 1.03. The third-order valence-electron chi connectivity index (χ3n) is 3.04. The molecular formula is C13H17ClN2. The summed E-state index contributed by atoms with van der Waals surface area (Å²) in [5.41, 5.74) is 8.32. The van der Waals surface area contributed by atoms with Crippen LogP contribution in [0.5, 0.6) is 0 Å². The lowest BCUT2D eigenvalue weighted by Gasteiger charge is -2.18. The van der Waals surface area contributed by atoms with Crippen LogP contribution in [0.1, 0.15) is 17.9 Å². The zero-order chi connectivity index (χ0) is 11.5. The summed E-state index contributed by atoms with van der Waals surface area (Å²) in [6, 6.07) is 8.48. The minimum atomic E-state index is 0.539. The van der Waals surface area contributed by atoms with Crippen molar-refractivity contribution in [3.05, 3.63) is 41.4 Å². The van der Waals surface area contributed by atoms with Gasteiger partial charge in [0, 0.05) is 23.2 Å². The normalized spacial score (nSPS) is 18.6. The maximum absolute atomic E-state index is 5.89. The highest BCUT2D eigenvalue weighted by Crippen LogP contribution is 2.37. The number of hydrogen-bond donors (Lipinski definition) is 1. The van der Waals surface area contributed by atoms with Crippen LogP contribution < -0.4 is 10.6 Å². The summed E-state index contributed by atoms with van der Waals surface area (Å²) in [4.78, 5) is 2.28. The molecule has 2 N–H and O–H groups in total. The van der Waals surface area contributed by atoms with Gasteiger partial charge in [0.15, 0.2) is 0 Å². The molecule has 1 aromatic carbocycles. The largest absolute Gasteiger partial charge is 0.365 e. The predicted octanol–water partition coefficient (Wildman–Crippen LogP) is 2.69. The molecule has 2 rings (SSSR count). The monoisotopic (exact) mass is 236 g/mol. The Kier molecular flexibility index (Phi) is 3.52. The van der Waals surface area contributed by atoms with Crippen LogP contribution in [0.25, 0.3) is 0 Å². The predicted molar refractivity (Wildman–Crippen MR) is 70.1 cm³/mol. The van der Waals surface area contributed by atoms with Gasteiger partial charge in [-0.3, -0.25) is 0 Å². The van der Waals surface area contributed by atoms with Gasteiger partial charge in [-0.05, 0) is 24.6 Å². The van der Waals surface area contributed by atoms with E-state index in [4.69, 9.17) is 17.3 Å². The van der Waals surface area contributed by atoms with Gasteiger partial charge in [-0.1, -0.05) is 36.4 Å². The van der Waals surface area contributed by atoms with Crippen molar-refractivity contribution >= 4 is 17.3 Å². The topological polar surface area (TPSA) is 29.3 Å². The minimum Gasteiger partial charge on any atom is -0.365 e. The van der Waals surface area contributed by atoms with Crippen LogP contribution in [-0.2, 0) is 0 Å². The summed E-state index contributed by atoms with van der Waals surface area (Å²) in [5, 5.41) is 0.684. The fourth-order valence-corrected chi connectivity index (χ4v) is 2.53. The van der Waals surface area contributed by atoms with E-state index in [0.29, 0.717) is 11.0 Å². The zero-order valence-corrected chi connectivity index (χ0v) is 10.1. The second-order valence-corrected chi connectivity index (χ2v) is 4.77. The Morgan fingerprint density at radius 3 is 2.94 bits per heavy atom. The SMILES string of the molecule is C=C(Cl)CN1CC(CCN)c2ccccc21. The van der Waals surface area contributed by atoms with Gasteiger partial charge in [0.1, 0.15) is 0 Å². The van der Waals surface area contributed by atoms with E-state index in [-0.39, 0.29) is 0 Å². The van der Waals surface area contributed by atoms with Crippen LogP contribution in [0.15, 0.2) is 35.9 Å². The standard InChI is InChI=1S/C13H17ClN2/c1-10(14)8-16-9-11(6-7-15)12-4-2-3-5-13(12)16/h2-5,11H,1,6-9,15H2. The highest BCUT2D eigenvalue weighted by molar-refractivity contribution is 6.29. The lowest BCUT2D eigenvalue weighted by Crippen LogP contribution is -2.23. The molecule has 2 nitrogen and oxygen atoms in total. The molecule has 1 unspecified atom stereocenters. The number of fused-ring (bicyclic) bond motifs is 1. The van der Waals surface area contributed by atoms with Crippen LogP contribution in [0.2, 0.25) is 0 Å². The molecule has 1 aliphatic rings. The zero-order valence-electron chi connectivity index (χ0n) is 9.32. The van der Waals surface area contributed by atoms with Crippen LogP contribution in [0.4, 0.5) is 5.69 Å². The van der Waals surface area contributed by atoms with E-state index in [1.165, 1.54) is 11.3 Å². The average molecular weight is 237 g/mol. The Bertz CT molecular complexity index is 389. The number of nitrogens with zero attached hydrogens (tertiary/aromatic N) is 1. The highest BCUT2D eigenvalue weighted by atomic mass is 35.5. The van der Waals surface area contributed by atoms with Crippen molar-refractivity contribution in [2.75, 3.05) is 24.5 Å². The molecule has 0 radical (unpaired) electrons. The van der Waals surface area contributed by atoms with Crippen LogP contribution in [0, 0.1) is 0 Å². The van der Waals surface area contributed by atoms with Gasteiger partial charge in [0.2, 0.25) is 0 Å². The second kappa shape index (κ2) is 4.89. The average Bonchev–Trinajstić information content (AvgIpc) is 2.58. The van der Waals surface area contributed by atoms with Crippen molar-refractivity contribution in [1.82, 2.24) is 0 Å². The maximum atomic E-state index is 5.89. The van der Waals surface area contributed by atoms with Gasteiger partial charge in [0.25, 0.3) is 0 Å². The van der Waals surface area contributed by atoms with Gasteiger partial charge in [0.05, 0.1) is 6.54 Å². The number of benzene rings is 1. The Morgan fingerprint density at radius 2 is 2.25 bits per heavy atom. The number of nitrogens with two attached hydrogens (primary N) is 1. The number of para-hydroxylation sites is 1. The third kappa shape index (κ3) is 2.23. The summed E-state index contributed by atoms with van der Waals surface area (Å²) in [6.45, 7) is 6.22. The molecule has 0 saturated heterocycles. The highest BCUT2D eigenvalue weighted by Gasteiger charge is 2.27. The molecule has 0 fully saturated rings. The summed E-state index contributed by atoms with van der Waals surface area (Å²) < 4.78 is 0. The number of rotatable bonds is 4. The van der Waals surface area contributed by atoms with E-state index in [9.17, 15) is 0 Å². The molecule has 0 saturated carbocycles. The molecule has 1 heterocycles. The fourth-order valence-electron chi connectivity index (χ4n) is 2.39. The van der Waals surface area contributed by atoms with E-state index in [1.54, 1.807) is 0 Å². The molecule has 86 valence electrons. The van der Waals surface area contributed by atoms with Crippen LogP contribution in [-0.4, -0.2) is 19.6 Å². The summed E-state index contributed by atoms with van der Waals surface area (Å²) in [5.74, 6) is 0.539. The van der Waals surface area contributed by atoms with Crippen molar-refractivity contribution < 1.29 is 0 Å². The van der Waals surface area contributed by atoms with E-state index in [2.05, 4.69) is 35.7 Å².